The van der Waals surface area contributed by atoms with Crippen molar-refractivity contribution < 1.29 is 14.0 Å². The number of carbonyl (C=O) groups is 2. The number of fused-ring (bicyclic) bond motifs is 1. The normalized spacial score (nSPS) is 11.8. The van der Waals surface area contributed by atoms with E-state index in [0.29, 0.717) is 17.2 Å². The summed E-state index contributed by atoms with van der Waals surface area (Å²) in [5.74, 6) is -1.23. The average Bonchev–Trinajstić information content (AvgIpc) is 3.20. The second-order valence-electron chi connectivity index (χ2n) is 6.95. The molecular formula is C24H20FN3O2S2. The van der Waals surface area contributed by atoms with Crippen LogP contribution in [-0.4, -0.2) is 22.0 Å². The maximum atomic E-state index is 13.9. The molecule has 0 radical (unpaired) electrons. The van der Waals surface area contributed by atoms with Gasteiger partial charge in [0.05, 0.1) is 21.0 Å². The number of hydrogen-bond acceptors (Lipinski definition) is 5. The minimum atomic E-state index is -0.576. The molecule has 162 valence electrons. The minimum Gasteiger partial charge on any atom is -0.322 e. The smallest absolute Gasteiger partial charge is 0.258 e. The number of thiazole rings is 1. The maximum absolute atomic E-state index is 13.9. The van der Waals surface area contributed by atoms with Crippen LogP contribution in [0.1, 0.15) is 23.7 Å². The van der Waals surface area contributed by atoms with Gasteiger partial charge in [-0.3, -0.25) is 9.59 Å². The molecule has 0 aliphatic rings. The van der Waals surface area contributed by atoms with Gasteiger partial charge in [-0.2, -0.15) is 0 Å². The molecule has 2 N–H and O–H groups in total. The first-order chi connectivity index (χ1) is 15.5. The molecule has 0 spiro atoms. The van der Waals surface area contributed by atoms with E-state index in [4.69, 9.17) is 0 Å². The lowest BCUT2D eigenvalue weighted by Crippen LogP contribution is -2.24. The highest BCUT2D eigenvalue weighted by atomic mass is 32.2. The molecule has 1 aromatic heterocycles. The van der Waals surface area contributed by atoms with E-state index in [1.54, 1.807) is 24.3 Å². The van der Waals surface area contributed by atoms with Gasteiger partial charge in [-0.1, -0.05) is 48.6 Å². The van der Waals surface area contributed by atoms with Crippen LogP contribution in [0.4, 0.5) is 15.2 Å². The number of hydrogen-bond donors (Lipinski definition) is 2. The van der Waals surface area contributed by atoms with Gasteiger partial charge in [-0.15, -0.1) is 11.8 Å². The lowest BCUT2D eigenvalue weighted by molar-refractivity contribution is -0.115. The van der Waals surface area contributed by atoms with Crippen molar-refractivity contribution in [3.05, 3.63) is 84.2 Å². The van der Waals surface area contributed by atoms with E-state index in [9.17, 15) is 14.0 Å². The SMILES string of the molecule is CCC(Sc1cccc(NC(=O)c2ccccc2F)c1)C(=O)Nc1nc2ccccc2s1. The molecule has 0 saturated carbocycles. The molecule has 1 unspecified atom stereocenters. The minimum absolute atomic E-state index is 0.0211. The Labute approximate surface area is 193 Å². The molecule has 0 saturated heterocycles. The highest BCUT2D eigenvalue weighted by Crippen LogP contribution is 2.30. The van der Waals surface area contributed by atoms with Crippen LogP contribution >= 0.6 is 23.1 Å². The second kappa shape index (κ2) is 9.93. The van der Waals surface area contributed by atoms with Crippen LogP contribution in [0, 0.1) is 5.82 Å². The first-order valence-corrected chi connectivity index (χ1v) is 11.7. The van der Waals surface area contributed by atoms with Gasteiger partial charge in [-0.05, 0) is 48.9 Å². The summed E-state index contributed by atoms with van der Waals surface area (Å²) in [6.45, 7) is 1.94. The molecule has 4 rings (SSSR count). The van der Waals surface area contributed by atoms with E-state index in [1.165, 1.54) is 41.3 Å². The molecule has 5 nitrogen and oxygen atoms in total. The molecule has 0 fully saturated rings. The summed E-state index contributed by atoms with van der Waals surface area (Å²) < 4.78 is 14.9. The van der Waals surface area contributed by atoms with Gasteiger partial charge in [0.2, 0.25) is 5.91 Å². The molecule has 1 heterocycles. The number of para-hydroxylation sites is 1. The number of aromatic nitrogens is 1. The highest BCUT2D eigenvalue weighted by molar-refractivity contribution is 8.00. The monoisotopic (exact) mass is 465 g/mol. The number of carbonyl (C=O) groups excluding carboxylic acids is 2. The molecule has 0 aliphatic heterocycles. The Hall–Kier alpha value is -3.23. The zero-order valence-electron chi connectivity index (χ0n) is 17.2. The molecule has 4 aromatic rings. The van der Waals surface area contributed by atoms with E-state index in [1.807, 2.05) is 37.3 Å². The van der Waals surface area contributed by atoms with Gasteiger partial charge in [0.15, 0.2) is 5.13 Å². The van der Waals surface area contributed by atoms with Gasteiger partial charge in [0, 0.05) is 10.6 Å². The van der Waals surface area contributed by atoms with Gasteiger partial charge in [-0.25, -0.2) is 9.37 Å². The fraction of sp³-hybridized carbons (Fsp3) is 0.125. The van der Waals surface area contributed by atoms with Crippen molar-refractivity contribution >= 4 is 55.9 Å². The van der Waals surface area contributed by atoms with Gasteiger partial charge in [0.25, 0.3) is 5.91 Å². The first-order valence-electron chi connectivity index (χ1n) is 10.0. The maximum Gasteiger partial charge on any atom is 0.258 e. The van der Waals surface area contributed by atoms with Crippen molar-refractivity contribution in [2.24, 2.45) is 0 Å². The summed E-state index contributed by atoms with van der Waals surface area (Å²) >= 11 is 2.84. The Morgan fingerprint density at radius 1 is 1.03 bits per heavy atom. The van der Waals surface area contributed by atoms with Crippen LogP contribution in [0.3, 0.4) is 0 Å². The molecule has 2 amide bonds. The van der Waals surface area contributed by atoms with Crippen molar-refractivity contribution in [2.45, 2.75) is 23.5 Å². The predicted molar refractivity (Wildman–Crippen MR) is 129 cm³/mol. The standard InChI is InChI=1S/C24H20FN3O2S2/c1-2-20(23(30)28-24-27-19-12-5-6-13-21(19)32-24)31-16-9-7-8-15(14-16)26-22(29)17-10-3-4-11-18(17)25/h3-14,20H,2H2,1H3,(H,26,29)(H,27,28,30). The fourth-order valence-corrected chi connectivity index (χ4v) is 4.97. The number of benzene rings is 3. The van der Waals surface area contributed by atoms with Crippen LogP contribution in [0.25, 0.3) is 10.2 Å². The number of anilines is 2. The van der Waals surface area contributed by atoms with E-state index in [0.717, 1.165) is 15.1 Å². The number of thioether (sulfide) groups is 1. The quantitative estimate of drug-likeness (QED) is 0.319. The van der Waals surface area contributed by atoms with Crippen molar-refractivity contribution in [1.82, 2.24) is 4.98 Å². The van der Waals surface area contributed by atoms with Crippen LogP contribution in [0.2, 0.25) is 0 Å². The number of rotatable bonds is 7. The van der Waals surface area contributed by atoms with Crippen LogP contribution in [0.5, 0.6) is 0 Å². The third-order valence-corrected chi connectivity index (χ3v) is 6.99. The average molecular weight is 466 g/mol. The topological polar surface area (TPSA) is 71.1 Å². The molecule has 32 heavy (non-hydrogen) atoms. The number of nitrogens with one attached hydrogen (secondary N) is 2. The fourth-order valence-electron chi connectivity index (χ4n) is 3.09. The van der Waals surface area contributed by atoms with Crippen LogP contribution < -0.4 is 10.6 Å². The van der Waals surface area contributed by atoms with Gasteiger partial charge in [0.1, 0.15) is 5.82 Å². The van der Waals surface area contributed by atoms with Crippen molar-refractivity contribution in [2.75, 3.05) is 10.6 Å². The number of nitrogens with zero attached hydrogens (tertiary/aromatic N) is 1. The highest BCUT2D eigenvalue weighted by Gasteiger charge is 2.20. The third-order valence-electron chi connectivity index (χ3n) is 4.68. The van der Waals surface area contributed by atoms with Gasteiger partial charge >= 0.3 is 0 Å². The Morgan fingerprint density at radius 3 is 2.59 bits per heavy atom. The van der Waals surface area contributed by atoms with Gasteiger partial charge < -0.3 is 10.6 Å². The van der Waals surface area contributed by atoms with Crippen molar-refractivity contribution in [1.29, 1.82) is 0 Å². The van der Waals surface area contributed by atoms with Crippen LogP contribution in [0.15, 0.2) is 77.7 Å². The zero-order valence-corrected chi connectivity index (χ0v) is 18.8. The lowest BCUT2D eigenvalue weighted by Gasteiger charge is -2.14. The van der Waals surface area contributed by atoms with E-state index < -0.39 is 11.7 Å². The first kappa shape index (κ1) is 22.0. The summed E-state index contributed by atoms with van der Waals surface area (Å²) in [5.41, 5.74) is 1.36. The Balaban J connectivity index is 1.43. The summed E-state index contributed by atoms with van der Waals surface area (Å²) in [4.78, 5) is 30.5. The predicted octanol–water partition coefficient (Wildman–Crippen LogP) is 6.20. The van der Waals surface area contributed by atoms with Crippen molar-refractivity contribution in [3.8, 4) is 0 Å². The lowest BCUT2D eigenvalue weighted by atomic mass is 10.2. The van der Waals surface area contributed by atoms with Crippen molar-refractivity contribution in [3.63, 3.8) is 0 Å². The largest absolute Gasteiger partial charge is 0.322 e. The van der Waals surface area contributed by atoms with E-state index in [-0.39, 0.29) is 16.7 Å². The molecular weight excluding hydrogens is 445 g/mol. The summed E-state index contributed by atoms with van der Waals surface area (Å²) in [6.07, 6.45) is 0.618. The van der Waals surface area contributed by atoms with Crippen LogP contribution in [-0.2, 0) is 4.79 Å². The summed E-state index contributed by atoms with van der Waals surface area (Å²) in [7, 11) is 0. The molecule has 3 aromatic carbocycles. The second-order valence-corrected chi connectivity index (χ2v) is 9.26. The number of amides is 2. The Kier molecular flexibility index (Phi) is 6.82. The molecule has 8 heteroatoms. The Bertz CT molecular complexity index is 1240. The zero-order chi connectivity index (χ0) is 22.5. The van der Waals surface area contributed by atoms with E-state index >= 15 is 0 Å². The van der Waals surface area contributed by atoms with E-state index in [2.05, 4.69) is 15.6 Å². The molecule has 1 atom stereocenters. The number of halogens is 1. The third kappa shape index (κ3) is 5.15. The summed E-state index contributed by atoms with van der Waals surface area (Å²) in [5, 5.41) is 5.86. The Morgan fingerprint density at radius 2 is 1.81 bits per heavy atom. The molecule has 0 aliphatic carbocycles. The molecule has 0 bridgehead atoms. The summed E-state index contributed by atoms with van der Waals surface area (Å²) in [6, 6.07) is 20.7.